The van der Waals surface area contributed by atoms with Crippen LogP contribution in [-0.2, 0) is 9.59 Å². The molecule has 2 rings (SSSR count). The van der Waals surface area contributed by atoms with E-state index in [0.29, 0.717) is 14.8 Å². The van der Waals surface area contributed by atoms with Crippen LogP contribution >= 0.6 is 24.0 Å². The molecule has 0 radical (unpaired) electrons. The standard InChI is InChI=1S/C15H14N2O5S2/c1-17-13(20)11(24-15(17)23)6-8-2-4-9(5-3-8)12(19)16-10(7-18)14(21)22/h2-6,10,18H,7H2,1H3,(H,16,19)(H,21,22)/b11-6+. The van der Waals surface area contributed by atoms with Crippen LogP contribution in [0.1, 0.15) is 15.9 Å². The number of hydrogen-bond donors (Lipinski definition) is 3. The minimum absolute atomic E-state index is 0.181. The lowest BCUT2D eigenvalue weighted by atomic mass is 10.1. The molecule has 1 unspecified atom stereocenters. The average Bonchev–Trinajstić information content (AvgIpc) is 2.79. The number of carboxylic acid groups (broad SMARTS) is 1. The number of benzene rings is 1. The van der Waals surface area contributed by atoms with Crippen molar-refractivity contribution in [3.63, 3.8) is 0 Å². The summed E-state index contributed by atoms with van der Waals surface area (Å²) < 4.78 is 0.478. The lowest BCUT2D eigenvalue weighted by molar-refractivity contribution is -0.140. The Morgan fingerprint density at radius 2 is 2.00 bits per heavy atom. The number of aliphatic hydroxyl groups is 1. The van der Waals surface area contributed by atoms with Gasteiger partial charge in [0.05, 0.1) is 11.5 Å². The second-order valence-electron chi connectivity index (χ2n) is 4.91. The van der Waals surface area contributed by atoms with E-state index in [4.69, 9.17) is 22.4 Å². The molecule has 1 aliphatic heterocycles. The molecule has 1 saturated heterocycles. The number of hydrogen-bond acceptors (Lipinski definition) is 6. The van der Waals surface area contributed by atoms with Crippen LogP contribution in [0, 0.1) is 0 Å². The third kappa shape index (κ3) is 3.99. The van der Waals surface area contributed by atoms with Crippen molar-refractivity contribution in [3.8, 4) is 0 Å². The van der Waals surface area contributed by atoms with E-state index < -0.39 is 24.5 Å². The van der Waals surface area contributed by atoms with Gasteiger partial charge >= 0.3 is 5.97 Å². The highest BCUT2D eigenvalue weighted by Crippen LogP contribution is 2.31. The lowest BCUT2D eigenvalue weighted by Gasteiger charge is -2.11. The summed E-state index contributed by atoms with van der Waals surface area (Å²) in [7, 11) is 1.60. The first kappa shape index (κ1) is 18.1. The van der Waals surface area contributed by atoms with E-state index in [9.17, 15) is 14.4 Å². The Kier molecular flexibility index (Phi) is 5.71. The molecule has 1 atom stereocenters. The molecule has 1 aromatic carbocycles. The molecule has 0 aliphatic carbocycles. The summed E-state index contributed by atoms with van der Waals surface area (Å²) in [4.78, 5) is 36.5. The second-order valence-corrected chi connectivity index (χ2v) is 6.59. The monoisotopic (exact) mass is 366 g/mol. The number of aliphatic carboxylic acids is 1. The molecule has 2 amide bonds. The molecule has 1 aromatic rings. The van der Waals surface area contributed by atoms with Gasteiger partial charge in [0.2, 0.25) is 0 Å². The summed E-state index contributed by atoms with van der Waals surface area (Å²) in [5, 5.41) is 19.9. The topological polar surface area (TPSA) is 107 Å². The smallest absolute Gasteiger partial charge is 0.328 e. The van der Waals surface area contributed by atoms with Crippen molar-refractivity contribution in [3.05, 3.63) is 40.3 Å². The zero-order valence-corrected chi connectivity index (χ0v) is 14.2. The Bertz CT molecular complexity index is 730. The molecule has 7 nitrogen and oxygen atoms in total. The molecule has 1 heterocycles. The van der Waals surface area contributed by atoms with Crippen LogP contribution in [0.25, 0.3) is 6.08 Å². The number of likely N-dealkylation sites (N-methyl/N-ethyl adjacent to an activating group) is 1. The zero-order valence-electron chi connectivity index (χ0n) is 12.6. The third-order valence-corrected chi connectivity index (χ3v) is 4.73. The van der Waals surface area contributed by atoms with Crippen LogP contribution < -0.4 is 5.32 Å². The molecule has 0 saturated carbocycles. The first-order valence-electron chi connectivity index (χ1n) is 6.79. The quantitative estimate of drug-likeness (QED) is 0.520. The van der Waals surface area contributed by atoms with Gasteiger partial charge in [0, 0.05) is 12.6 Å². The average molecular weight is 366 g/mol. The van der Waals surface area contributed by atoms with E-state index in [1.165, 1.54) is 28.8 Å². The number of carbonyl (C=O) groups is 3. The van der Waals surface area contributed by atoms with Crippen LogP contribution in [0.3, 0.4) is 0 Å². The van der Waals surface area contributed by atoms with E-state index >= 15 is 0 Å². The van der Waals surface area contributed by atoms with E-state index in [-0.39, 0.29) is 11.5 Å². The zero-order chi connectivity index (χ0) is 17.9. The van der Waals surface area contributed by atoms with Crippen molar-refractivity contribution in [1.82, 2.24) is 10.2 Å². The van der Waals surface area contributed by atoms with Gasteiger partial charge in [-0.3, -0.25) is 14.5 Å². The van der Waals surface area contributed by atoms with Crippen molar-refractivity contribution in [2.24, 2.45) is 0 Å². The second kappa shape index (κ2) is 7.56. The fourth-order valence-electron chi connectivity index (χ4n) is 1.85. The van der Waals surface area contributed by atoms with Gasteiger partial charge < -0.3 is 15.5 Å². The highest BCUT2D eigenvalue weighted by atomic mass is 32.2. The summed E-state index contributed by atoms with van der Waals surface area (Å²) in [5.74, 6) is -2.11. The van der Waals surface area contributed by atoms with Gasteiger partial charge in [-0.1, -0.05) is 36.1 Å². The van der Waals surface area contributed by atoms with Crippen LogP contribution in [0.15, 0.2) is 29.2 Å². The summed E-state index contributed by atoms with van der Waals surface area (Å²) in [5.41, 5.74) is 0.951. The molecular formula is C15H14N2O5S2. The lowest BCUT2D eigenvalue weighted by Crippen LogP contribution is -2.43. The molecule has 9 heteroatoms. The molecule has 0 aromatic heterocycles. The SMILES string of the molecule is CN1C(=O)/C(=C\c2ccc(C(=O)NC(CO)C(=O)O)cc2)SC1=S. The number of thioether (sulfide) groups is 1. The Balaban J connectivity index is 2.11. The summed E-state index contributed by atoms with van der Waals surface area (Å²) >= 11 is 6.24. The number of carboxylic acids is 1. The maximum absolute atomic E-state index is 11.9. The summed E-state index contributed by atoms with van der Waals surface area (Å²) in [6.07, 6.45) is 1.66. The van der Waals surface area contributed by atoms with E-state index in [0.717, 1.165) is 0 Å². The van der Waals surface area contributed by atoms with Crippen molar-refractivity contribution in [2.75, 3.05) is 13.7 Å². The van der Waals surface area contributed by atoms with Crippen LogP contribution in [0.5, 0.6) is 0 Å². The molecule has 126 valence electrons. The first-order valence-corrected chi connectivity index (χ1v) is 8.02. The molecule has 0 spiro atoms. The minimum atomic E-state index is -1.36. The van der Waals surface area contributed by atoms with E-state index in [2.05, 4.69) is 5.32 Å². The fourth-order valence-corrected chi connectivity index (χ4v) is 3.03. The van der Waals surface area contributed by atoms with Gasteiger partial charge in [-0.15, -0.1) is 0 Å². The Hall–Kier alpha value is -2.23. The van der Waals surface area contributed by atoms with E-state index in [1.807, 2.05) is 0 Å². The van der Waals surface area contributed by atoms with Crippen LogP contribution in [0.4, 0.5) is 0 Å². The van der Waals surface area contributed by atoms with Gasteiger partial charge in [-0.25, -0.2) is 4.79 Å². The van der Waals surface area contributed by atoms with Crippen molar-refractivity contribution < 1.29 is 24.6 Å². The summed E-state index contributed by atoms with van der Waals surface area (Å²) in [6.45, 7) is -0.696. The predicted octanol–water partition coefficient (Wildman–Crippen LogP) is 0.693. The fraction of sp³-hybridized carbons (Fsp3) is 0.200. The highest BCUT2D eigenvalue weighted by Gasteiger charge is 2.28. The maximum atomic E-state index is 11.9. The first-order chi connectivity index (χ1) is 11.3. The third-order valence-electron chi connectivity index (χ3n) is 3.24. The van der Waals surface area contributed by atoms with Gasteiger partial charge in [-0.2, -0.15) is 0 Å². The molecule has 1 aliphatic rings. The van der Waals surface area contributed by atoms with Crippen molar-refractivity contribution in [1.29, 1.82) is 0 Å². The number of aliphatic hydroxyl groups excluding tert-OH is 1. The van der Waals surface area contributed by atoms with Gasteiger partial charge in [0.1, 0.15) is 4.32 Å². The van der Waals surface area contributed by atoms with Gasteiger partial charge in [0.25, 0.3) is 11.8 Å². The minimum Gasteiger partial charge on any atom is -0.480 e. The Labute approximate surface area is 147 Å². The van der Waals surface area contributed by atoms with Gasteiger partial charge in [-0.05, 0) is 23.8 Å². The molecule has 3 N–H and O–H groups in total. The number of nitrogens with zero attached hydrogens (tertiary/aromatic N) is 1. The Morgan fingerprint density at radius 1 is 1.38 bits per heavy atom. The highest BCUT2D eigenvalue weighted by molar-refractivity contribution is 8.26. The molecule has 1 fully saturated rings. The van der Waals surface area contributed by atoms with Gasteiger partial charge in [0.15, 0.2) is 6.04 Å². The van der Waals surface area contributed by atoms with Crippen LogP contribution in [0.2, 0.25) is 0 Å². The number of thiocarbonyl (C=S) groups is 1. The Morgan fingerprint density at radius 3 is 2.46 bits per heavy atom. The van der Waals surface area contributed by atoms with Crippen molar-refractivity contribution >= 4 is 52.2 Å². The van der Waals surface area contributed by atoms with E-state index in [1.54, 1.807) is 25.3 Å². The number of carbonyl (C=O) groups excluding carboxylic acids is 2. The largest absolute Gasteiger partial charge is 0.480 e. The van der Waals surface area contributed by atoms with Crippen molar-refractivity contribution in [2.45, 2.75) is 6.04 Å². The predicted molar refractivity (Wildman–Crippen MR) is 93.4 cm³/mol. The maximum Gasteiger partial charge on any atom is 0.328 e. The number of rotatable bonds is 5. The summed E-state index contributed by atoms with van der Waals surface area (Å²) in [6, 6.07) is 4.91. The molecular weight excluding hydrogens is 352 g/mol. The number of amides is 2. The molecule has 0 bridgehead atoms. The van der Waals surface area contributed by atoms with Crippen LogP contribution in [-0.4, -0.2) is 56.9 Å². The molecule has 24 heavy (non-hydrogen) atoms. The normalized spacial score (nSPS) is 17.2. The number of nitrogens with one attached hydrogen (secondary N) is 1.